The van der Waals surface area contributed by atoms with Gasteiger partial charge >= 0.3 is 11.9 Å². The molecule has 1 saturated heterocycles. The molecule has 3 saturated carbocycles. The second kappa shape index (κ2) is 9.39. The van der Waals surface area contributed by atoms with Gasteiger partial charge in [-0.1, -0.05) is 38.8 Å². The summed E-state index contributed by atoms with van der Waals surface area (Å²) in [6, 6.07) is 0. The standard InChI is InChI=1S/C29H42O9/c1-14(2)21-9-18-10-27(12-30)20-8-7-15(3)19(20)11-28(18,29(21,27)26(33)34)13-36-25-22(32)24(38-17(5)31)23(35-6)16(4)37-25/h9,12,14-16,18-20,22-25,32H,7-8,10-11,13H2,1-6H3,(H,33,34)/t15-,16-,18-,19-,20-,22+,23-,24+,25-,27+,28+,29+/m1/s1. The fourth-order valence-corrected chi connectivity index (χ4v) is 9.64. The van der Waals surface area contributed by atoms with Crippen molar-refractivity contribution in [2.24, 2.45) is 45.8 Å². The zero-order valence-electron chi connectivity index (χ0n) is 23.2. The summed E-state index contributed by atoms with van der Waals surface area (Å²) >= 11 is 0. The van der Waals surface area contributed by atoms with Gasteiger partial charge in [0, 0.05) is 19.4 Å². The first-order chi connectivity index (χ1) is 17.9. The van der Waals surface area contributed by atoms with Crippen molar-refractivity contribution in [3.63, 3.8) is 0 Å². The highest BCUT2D eigenvalue weighted by molar-refractivity contribution is 5.90. The van der Waals surface area contributed by atoms with Crippen LogP contribution in [0, 0.1) is 45.8 Å². The molecule has 0 amide bonds. The number of esters is 1. The number of hydrogen-bond acceptors (Lipinski definition) is 8. The van der Waals surface area contributed by atoms with E-state index in [1.807, 2.05) is 13.8 Å². The molecule has 0 spiro atoms. The fraction of sp³-hybridized carbons (Fsp3) is 0.828. The zero-order chi connectivity index (χ0) is 27.8. The summed E-state index contributed by atoms with van der Waals surface area (Å²) in [5.41, 5.74) is -2.39. The SMILES string of the molecule is CO[C@H]1[C@@H](OC(C)=O)[C@H](O)[C@H](OC[C@@]23C[C@@H]4[C@H](C)CC[C@H]4[C@@]4(C=O)C[C@H]2C=C(C(C)C)[C@@]34C(=O)O)O[C@@H]1C. The molecule has 5 aliphatic rings. The minimum absolute atomic E-state index is 0.0150. The van der Waals surface area contributed by atoms with Crippen molar-refractivity contribution in [2.45, 2.75) is 91.0 Å². The molecule has 5 rings (SSSR count). The van der Waals surface area contributed by atoms with Gasteiger partial charge in [0.2, 0.25) is 0 Å². The lowest BCUT2D eigenvalue weighted by Gasteiger charge is -2.58. The number of ether oxygens (including phenoxy) is 4. The van der Waals surface area contributed by atoms with Gasteiger partial charge < -0.3 is 34.0 Å². The molecule has 0 radical (unpaired) electrons. The van der Waals surface area contributed by atoms with Crippen LogP contribution in [0.5, 0.6) is 0 Å². The van der Waals surface area contributed by atoms with Crippen molar-refractivity contribution in [1.29, 1.82) is 0 Å². The van der Waals surface area contributed by atoms with Gasteiger partial charge in [-0.25, -0.2) is 0 Å². The zero-order valence-corrected chi connectivity index (χ0v) is 23.2. The molecule has 4 aliphatic carbocycles. The summed E-state index contributed by atoms with van der Waals surface area (Å²) < 4.78 is 23.2. The van der Waals surface area contributed by atoms with E-state index in [9.17, 15) is 24.6 Å². The maximum absolute atomic E-state index is 13.6. The minimum atomic E-state index is -1.37. The van der Waals surface area contributed by atoms with Gasteiger partial charge in [0.15, 0.2) is 12.4 Å². The van der Waals surface area contributed by atoms with Crippen LogP contribution < -0.4 is 0 Å². The Balaban J connectivity index is 1.54. The van der Waals surface area contributed by atoms with Crippen LogP contribution in [0.4, 0.5) is 0 Å². The van der Waals surface area contributed by atoms with E-state index in [1.54, 1.807) is 6.92 Å². The van der Waals surface area contributed by atoms with Crippen molar-refractivity contribution in [3.05, 3.63) is 11.6 Å². The summed E-state index contributed by atoms with van der Waals surface area (Å²) in [6.07, 6.45) is 1.37. The first-order valence-electron chi connectivity index (χ1n) is 14.0. The van der Waals surface area contributed by atoms with Crippen LogP contribution in [0.15, 0.2) is 11.6 Å². The predicted octanol–water partition coefficient (Wildman–Crippen LogP) is 2.98. The van der Waals surface area contributed by atoms with Crippen LogP contribution in [0.25, 0.3) is 0 Å². The quantitative estimate of drug-likeness (QED) is 0.274. The Morgan fingerprint density at radius 3 is 2.50 bits per heavy atom. The number of aliphatic carboxylic acids is 1. The molecule has 0 aromatic carbocycles. The second-order valence-electron chi connectivity index (χ2n) is 12.8. The topological polar surface area (TPSA) is 129 Å². The molecule has 1 aliphatic heterocycles. The minimum Gasteiger partial charge on any atom is -0.481 e. The van der Waals surface area contributed by atoms with Crippen molar-refractivity contribution in [2.75, 3.05) is 13.7 Å². The number of methoxy groups -OCH3 is 1. The van der Waals surface area contributed by atoms with Gasteiger partial charge in [0.25, 0.3) is 0 Å². The van der Waals surface area contributed by atoms with Gasteiger partial charge in [-0.15, -0.1) is 0 Å². The van der Waals surface area contributed by atoms with Gasteiger partial charge in [-0.05, 0) is 55.8 Å². The number of rotatable bonds is 8. The molecule has 0 aromatic heterocycles. The van der Waals surface area contributed by atoms with E-state index < -0.39 is 58.9 Å². The molecule has 4 fully saturated rings. The Morgan fingerprint density at radius 2 is 1.92 bits per heavy atom. The van der Waals surface area contributed by atoms with Crippen molar-refractivity contribution < 1.29 is 43.5 Å². The number of carbonyl (C=O) groups excluding carboxylic acids is 2. The highest BCUT2D eigenvalue weighted by atomic mass is 16.7. The number of carboxylic acid groups (broad SMARTS) is 1. The number of aliphatic hydroxyl groups excluding tert-OH is 1. The fourth-order valence-electron chi connectivity index (χ4n) is 9.64. The molecule has 0 aromatic rings. The smallest absolute Gasteiger partial charge is 0.315 e. The van der Waals surface area contributed by atoms with Crippen molar-refractivity contribution >= 4 is 18.2 Å². The average molecular weight is 535 g/mol. The third-order valence-electron chi connectivity index (χ3n) is 11.0. The van der Waals surface area contributed by atoms with Crippen LogP contribution in [0.2, 0.25) is 0 Å². The van der Waals surface area contributed by atoms with Gasteiger partial charge in [-0.2, -0.15) is 0 Å². The van der Waals surface area contributed by atoms with E-state index in [2.05, 4.69) is 13.0 Å². The molecule has 4 bridgehead atoms. The van der Waals surface area contributed by atoms with Gasteiger partial charge in [-0.3, -0.25) is 9.59 Å². The Hall–Kier alpha value is -1.81. The molecule has 38 heavy (non-hydrogen) atoms. The second-order valence-corrected chi connectivity index (χ2v) is 12.8. The number of hydrogen-bond donors (Lipinski definition) is 2. The van der Waals surface area contributed by atoms with Gasteiger partial charge in [0.1, 0.15) is 23.9 Å². The summed E-state index contributed by atoms with van der Waals surface area (Å²) in [5.74, 6) is -1.05. The van der Waals surface area contributed by atoms with E-state index in [4.69, 9.17) is 18.9 Å². The molecule has 0 unspecified atom stereocenters. The highest BCUT2D eigenvalue weighted by Crippen LogP contribution is 2.82. The normalized spacial score (nSPS) is 49.1. The van der Waals surface area contributed by atoms with Crippen LogP contribution in [0.3, 0.4) is 0 Å². The van der Waals surface area contributed by atoms with E-state index in [-0.39, 0.29) is 30.3 Å². The third kappa shape index (κ3) is 3.34. The molecule has 2 N–H and O–H groups in total. The van der Waals surface area contributed by atoms with Crippen LogP contribution in [-0.2, 0) is 33.3 Å². The molecular weight excluding hydrogens is 492 g/mol. The Kier molecular flexibility index (Phi) is 6.86. The summed E-state index contributed by atoms with van der Waals surface area (Å²) in [5, 5.41) is 22.2. The van der Waals surface area contributed by atoms with E-state index in [1.165, 1.54) is 14.0 Å². The molecule has 9 heteroatoms. The third-order valence-corrected chi connectivity index (χ3v) is 11.0. The van der Waals surface area contributed by atoms with Gasteiger partial charge in [0.05, 0.1) is 18.1 Å². The molecule has 12 atom stereocenters. The maximum atomic E-state index is 13.6. The van der Waals surface area contributed by atoms with Crippen LogP contribution >= 0.6 is 0 Å². The summed E-state index contributed by atoms with van der Waals surface area (Å²) in [6.45, 7) is 9.24. The molecule has 212 valence electrons. The monoisotopic (exact) mass is 534 g/mol. The highest BCUT2D eigenvalue weighted by Gasteiger charge is 2.84. The Bertz CT molecular complexity index is 1020. The lowest BCUT2D eigenvalue weighted by atomic mass is 9.43. The predicted molar refractivity (Wildman–Crippen MR) is 135 cm³/mol. The average Bonchev–Trinajstić information content (AvgIpc) is 3.42. The van der Waals surface area contributed by atoms with E-state index in [0.717, 1.165) is 24.7 Å². The Morgan fingerprint density at radius 1 is 1.21 bits per heavy atom. The largest absolute Gasteiger partial charge is 0.481 e. The lowest BCUT2D eigenvalue weighted by molar-refractivity contribution is -0.308. The molecule has 9 nitrogen and oxygen atoms in total. The first-order valence-corrected chi connectivity index (χ1v) is 14.0. The number of allylic oxidation sites excluding steroid dienone is 1. The number of carboxylic acids is 1. The van der Waals surface area contributed by atoms with Crippen LogP contribution in [-0.4, -0.2) is 72.9 Å². The summed E-state index contributed by atoms with van der Waals surface area (Å²) in [7, 11) is 1.46. The van der Waals surface area contributed by atoms with Crippen LogP contribution in [0.1, 0.15) is 60.3 Å². The maximum Gasteiger partial charge on any atom is 0.315 e. The van der Waals surface area contributed by atoms with E-state index >= 15 is 0 Å². The number of carbonyl (C=O) groups is 3. The molecule has 1 heterocycles. The van der Waals surface area contributed by atoms with Crippen molar-refractivity contribution in [1.82, 2.24) is 0 Å². The van der Waals surface area contributed by atoms with E-state index in [0.29, 0.717) is 18.8 Å². The Labute approximate surface area is 224 Å². The number of fused-ring (bicyclic) bond motifs is 2. The first kappa shape index (κ1) is 27.7. The molecular formula is C29H42O9. The number of aldehydes is 1. The summed E-state index contributed by atoms with van der Waals surface area (Å²) in [4.78, 5) is 38.5. The lowest BCUT2D eigenvalue weighted by Crippen LogP contribution is -2.64. The van der Waals surface area contributed by atoms with Crippen molar-refractivity contribution in [3.8, 4) is 0 Å². The number of aliphatic hydroxyl groups is 1.